The fourth-order valence-electron chi connectivity index (χ4n) is 9.86. The van der Waals surface area contributed by atoms with Gasteiger partial charge in [-0.25, -0.2) is 18.4 Å². The molecule has 0 fully saturated rings. The summed E-state index contributed by atoms with van der Waals surface area (Å²) in [5.74, 6) is -3.54. The largest absolute Gasteiger partial charge is 0.478 e. The number of benzene rings is 6. The van der Waals surface area contributed by atoms with Gasteiger partial charge in [-0.15, -0.1) is 0 Å². The molecule has 0 unspecified atom stereocenters. The van der Waals surface area contributed by atoms with Crippen LogP contribution in [0, 0.1) is 11.6 Å². The van der Waals surface area contributed by atoms with Gasteiger partial charge in [-0.2, -0.15) is 0 Å². The number of aliphatic carboxylic acids is 2. The molecule has 2 radical (unpaired) electrons. The summed E-state index contributed by atoms with van der Waals surface area (Å²) in [6.07, 6.45) is 4.32. The van der Waals surface area contributed by atoms with Gasteiger partial charge in [-0.3, -0.25) is 9.59 Å². The van der Waals surface area contributed by atoms with E-state index in [0.29, 0.717) is 48.4 Å². The van der Waals surface area contributed by atoms with Crippen LogP contribution in [0.1, 0.15) is 97.3 Å². The molecule has 15 heteroatoms. The first kappa shape index (κ1) is 62.5. The van der Waals surface area contributed by atoms with E-state index in [-0.39, 0.29) is 85.9 Å². The molecular formula is C66H66CaF2N4O8. The second kappa shape index (κ2) is 30.2. The molecule has 0 bridgehead atoms. The average Bonchev–Trinajstić information content (AvgIpc) is 4.18. The molecule has 0 aliphatic rings. The van der Waals surface area contributed by atoms with E-state index in [1.54, 1.807) is 24.3 Å². The van der Waals surface area contributed by atoms with E-state index in [1.165, 1.54) is 36.4 Å². The normalized spacial score (nSPS) is 12.0. The summed E-state index contributed by atoms with van der Waals surface area (Å²) in [5.41, 5.74) is 10.1. The maximum Gasteiger partial charge on any atom is 0.327 e. The molecule has 0 saturated carbocycles. The summed E-state index contributed by atoms with van der Waals surface area (Å²) < 4.78 is 32.1. The van der Waals surface area contributed by atoms with Gasteiger partial charge in [-0.05, 0) is 133 Å². The van der Waals surface area contributed by atoms with Gasteiger partial charge in [0.1, 0.15) is 11.6 Å². The van der Waals surface area contributed by atoms with Gasteiger partial charge in [-0.1, -0.05) is 137 Å². The fraction of sp³-hybridized carbons (Fsp3) is 0.212. The van der Waals surface area contributed by atoms with E-state index in [0.717, 1.165) is 68.3 Å². The Kier molecular flexibility index (Phi) is 23.3. The van der Waals surface area contributed by atoms with Crippen LogP contribution in [0.15, 0.2) is 194 Å². The summed E-state index contributed by atoms with van der Waals surface area (Å²) in [4.78, 5) is 49.7. The first-order valence-electron chi connectivity index (χ1n) is 26.6. The maximum absolute atomic E-state index is 14.0. The maximum atomic E-state index is 14.0. The van der Waals surface area contributed by atoms with E-state index < -0.39 is 24.1 Å². The Labute approximate surface area is 501 Å². The smallest absolute Gasteiger partial charge is 0.327 e. The number of aliphatic hydroxyl groups is 2. The SMILES string of the molecule is CC(C)c1c(C(=O)Nc2ccccc2)c(-c2ccccc2)c(-c2ccc(F)cc2)n1CC[C@@H](O)C/C=C/C(=O)O.CC(C)c1c(C(=O)Nc2ccccc2)c(-c2ccccc2)c(-c2ccc(F)cc2)n1CC[C@@H](O)C/C=C/C(=O)O.[Ca]. The Bertz CT molecular complexity index is 3190. The first-order chi connectivity index (χ1) is 38.5. The minimum atomic E-state index is -1.07. The van der Waals surface area contributed by atoms with Crippen molar-refractivity contribution in [2.75, 3.05) is 10.6 Å². The number of carbonyl (C=O) groups excluding carboxylic acids is 2. The minimum absolute atomic E-state index is 0. The molecule has 0 aliphatic heterocycles. The summed E-state index contributed by atoms with van der Waals surface area (Å²) in [5, 5.41) is 45.2. The third-order valence-electron chi connectivity index (χ3n) is 13.3. The quantitative estimate of drug-likeness (QED) is 0.0286. The number of carbonyl (C=O) groups is 4. The number of aliphatic hydroxyl groups excluding tert-OH is 2. The van der Waals surface area contributed by atoms with E-state index in [1.807, 2.05) is 158 Å². The minimum Gasteiger partial charge on any atom is -0.478 e. The van der Waals surface area contributed by atoms with Crippen LogP contribution in [0.5, 0.6) is 0 Å². The predicted octanol–water partition coefficient (Wildman–Crippen LogP) is 13.9. The van der Waals surface area contributed by atoms with Gasteiger partial charge in [0, 0.05) is 96.9 Å². The third-order valence-corrected chi connectivity index (χ3v) is 13.3. The van der Waals surface area contributed by atoms with Crippen molar-refractivity contribution in [2.24, 2.45) is 0 Å². The number of carboxylic acids is 2. The number of rotatable bonds is 22. The van der Waals surface area contributed by atoms with Crippen LogP contribution in [0.2, 0.25) is 0 Å². The average molecular weight is 1120 g/mol. The Morgan fingerprint density at radius 1 is 0.469 bits per heavy atom. The van der Waals surface area contributed by atoms with Gasteiger partial charge in [0.05, 0.1) is 34.7 Å². The summed E-state index contributed by atoms with van der Waals surface area (Å²) in [6.45, 7) is 8.78. The summed E-state index contributed by atoms with van der Waals surface area (Å²) in [6, 6.07) is 50.1. The molecule has 414 valence electrons. The number of hydrogen-bond acceptors (Lipinski definition) is 6. The Balaban J connectivity index is 0.000000258. The van der Waals surface area contributed by atoms with Crippen molar-refractivity contribution in [3.05, 3.63) is 228 Å². The molecule has 8 rings (SSSR count). The topological polar surface area (TPSA) is 183 Å². The van der Waals surface area contributed by atoms with Crippen LogP contribution in [0.3, 0.4) is 0 Å². The molecule has 81 heavy (non-hydrogen) atoms. The number of carboxylic acid groups (broad SMARTS) is 2. The summed E-state index contributed by atoms with van der Waals surface area (Å²) >= 11 is 0. The Hall–Kier alpha value is -7.72. The van der Waals surface area contributed by atoms with Crippen molar-refractivity contribution in [2.45, 2.75) is 90.5 Å². The molecule has 2 amide bonds. The van der Waals surface area contributed by atoms with E-state index in [2.05, 4.69) is 10.6 Å². The monoisotopic (exact) mass is 1120 g/mol. The van der Waals surface area contributed by atoms with E-state index >= 15 is 0 Å². The van der Waals surface area contributed by atoms with Crippen LogP contribution in [0.4, 0.5) is 20.2 Å². The number of amides is 2. The second-order valence-corrected chi connectivity index (χ2v) is 19.8. The molecule has 0 saturated heterocycles. The van der Waals surface area contributed by atoms with Gasteiger partial charge < -0.3 is 40.2 Å². The third kappa shape index (κ3) is 16.7. The number of para-hydroxylation sites is 2. The van der Waals surface area contributed by atoms with Crippen molar-refractivity contribution >= 4 is 72.9 Å². The van der Waals surface area contributed by atoms with Gasteiger partial charge >= 0.3 is 11.9 Å². The van der Waals surface area contributed by atoms with Crippen molar-refractivity contribution in [1.82, 2.24) is 9.13 Å². The van der Waals surface area contributed by atoms with Gasteiger partial charge in [0.25, 0.3) is 11.8 Å². The van der Waals surface area contributed by atoms with E-state index in [4.69, 9.17) is 10.2 Å². The van der Waals surface area contributed by atoms with Crippen molar-refractivity contribution in [1.29, 1.82) is 0 Å². The molecule has 6 aromatic carbocycles. The number of halogens is 2. The predicted molar refractivity (Wildman–Crippen MR) is 317 cm³/mol. The fourth-order valence-corrected chi connectivity index (χ4v) is 9.86. The molecule has 12 nitrogen and oxygen atoms in total. The summed E-state index contributed by atoms with van der Waals surface area (Å²) in [7, 11) is 0. The molecule has 2 heterocycles. The zero-order valence-corrected chi connectivity index (χ0v) is 48.0. The van der Waals surface area contributed by atoms with Gasteiger partial charge in [0.2, 0.25) is 0 Å². The molecule has 2 aromatic heterocycles. The standard InChI is InChI=1S/2C33H33FN2O4.Ca/c2*1-22(2)31-30(33(40)35-26-12-7-4-8-13-26)29(23-10-5-3-6-11-23)32(24-16-18-25(34)19-17-24)36(31)21-20-27(37)14-9-15-28(38)39;/h2*3-13,15-19,22,27,37H,14,20-21H2,1-2H3,(H,35,40)(H,38,39);/b2*15-9+;/t2*27-;/m00./s1. The number of nitrogens with zero attached hydrogens (tertiary/aromatic N) is 2. The Morgan fingerprint density at radius 2 is 0.778 bits per heavy atom. The van der Waals surface area contributed by atoms with Crippen molar-refractivity contribution in [3.63, 3.8) is 0 Å². The van der Waals surface area contributed by atoms with Crippen LogP contribution in [-0.4, -0.2) is 103 Å². The van der Waals surface area contributed by atoms with Crippen molar-refractivity contribution < 1.29 is 48.4 Å². The number of aromatic nitrogens is 2. The number of anilines is 2. The molecule has 0 aliphatic carbocycles. The number of hydrogen-bond donors (Lipinski definition) is 6. The molecular weight excluding hydrogens is 1050 g/mol. The zero-order valence-electron chi connectivity index (χ0n) is 45.8. The number of nitrogens with one attached hydrogen (secondary N) is 2. The zero-order chi connectivity index (χ0) is 57.3. The molecule has 2 atom stereocenters. The van der Waals surface area contributed by atoms with Crippen LogP contribution < -0.4 is 10.6 Å². The van der Waals surface area contributed by atoms with Crippen LogP contribution >= 0.6 is 0 Å². The molecule has 0 spiro atoms. The first-order valence-corrected chi connectivity index (χ1v) is 26.6. The van der Waals surface area contributed by atoms with E-state index in [9.17, 15) is 38.2 Å². The van der Waals surface area contributed by atoms with Crippen LogP contribution in [-0.2, 0) is 22.7 Å². The molecule has 8 aromatic rings. The Morgan fingerprint density at radius 3 is 1.07 bits per heavy atom. The van der Waals surface area contributed by atoms with Crippen LogP contribution in [0.25, 0.3) is 44.8 Å². The second-order valence-electron chi connectivity index (χ2n) is 19.8. The van der Waals surface area contributed by atoms with Gasteiger partial charge in [0.15, 0.2) is 0 Å². The molecule has 6 N–H and O–H groups in total. The van der Waals surface area contributed by atoms with Crippen molar-refractivity contribution in [3.8, 4) is 44.8 Å².